The van der Waals surface area contributed by atoms with Gasteiger partial charge < -0.3 is 11.1 Å². The molecule has 4 heterocycles. The van der Waals surface area contributed by atoms with Gasteiger partial charge in [-0.15, -0.1) is 11.3 Å². The normalized spacial score (nSPS) is 18.8. The lowest BCUT2D eigenvalue weighted by atomic mass is 9.78. The highest BCUT2D eigenvalue weighted by atomic mass is 32.1. The molecule has 9 heteroatoms. The zero-order valence-electron chi connectivity index (χ0n) is 17.7. The Labute approximate surface area is 188 Å². The number of pyridine rings is 1. The summed E-state index contributed by atoms with van der Waals surface area (Å²) < 4.78 is 1.63. The fourth-order valence-corrected chi connectivity index (χ4v) is 5.74. The van der Waals surface area contributed by atoms with E-state index in [4.69, 9.17) is 5.73 Å². The Morgan fingerprint density at radius 2 is 2.03 bits per heavy atom. The molecule has 0 unspecified atom stereocenters. The SMILES string of the molecule is Cc1cnc2c(C(=O)NCC3CCC(c4c(C(N)=O)sc5ncccc45)CC3)cnn2c1. The van der Waals surface area contributed by atoms with Gasteiger partial charge in [-0.2, -0.15) is 5.10 Å². The monoisotopic (exact) mass is 448 g/mol. The summed E-state index contributed by atoms with van der Waals surface area (Å²) in [4.78, 5) is 35.0. The molecule has 0 radical (unpaired) electrons. The van der Waals surface area contributed by atoms with Gasteiger partial charge in [0, 0.05) is 30.5 Å². The Morgan fingerprint density at radius 1 is 1.22 bits per heavy atom. The van der Waals surface area contributed by atoms with Gasteiger partial charge in [0.05, 0.1) is 11.1 Å². The third kappa shape index (κ3) is 3.73. The number of aryl methyl sites for hydroxylation is 1. The first-order valence-corrected chi connectivity index (χ1v) is 11.6. The smallest absolute Gasteiger partial charge is 0.259 e. The molecule has 0 spiro atoms. The summed E-state index contributed by atoms with van der Waals surface area (Å²) in [6.45, 7) is 2.55. The maximum absolute atomic E-state index is 12.7. The number of hydrogen-bond donors (Lipinski definition) is 2. The Morgan fingerprint density at radius 3 is 2.81 bits per heavy atom. The largest absolute Gasteiger partial charge is 0.365 e. The molecule has 1 aliphatic carbocycles. The Kier molecular flexibility index (Phi) is 5.34. The Hall–Kier alpha value is -3.33. The van der Waals surface area contributed by atoms with Crippen LogP contribution < -0.4 is 11.1 Å². The molecule has 0 saturated heterocycles. The van der Waals surface area contributed by atoms with Crippen LogP contribution in [0.4, 0.5) is 0 Å². The van der Waals surface area contributed by atoms with Gasteiger partial charge in [0.2, 0.25) is 0 Å². The number of carbonyl (C=O) groups excluding carboxylic acids is 2. The second-order valence-corrected chi connectivity index (χ2v) is 9.45. The van der Waals surface area contributed by atoms with Crippen molar-refractivity contribution in [3.8, 4) is 0 Å². The molecule has 0 aromatic carbocycles. The molecule has 0 atom stereocenters. The molecule has 8 nitrogen and oxygen atoms in total. The molecule has 32 heavy (non-hydrogen) atoms. The highest BCUT2D eigenvalue weighted by Gasteiger charge is 2.29. The molecule has 1 saturated carbocycles. The fourth-order valence-electron chi connectivity index (χ4n) is 4.66. The van der Waals surface area contributed by atoms with Crippen molar-refractivity contribution in [3.05, 3.63) is 58.5 Å². The van der Waals surface area contributed by atoms with Crippen LogP contribution in [-0.4, -0.2) is 37.9 Å². The number of carbonyl (C=O) groups is 2. The van der Waals surface area contributed by atoms with Crippen LogP contribution in [0.5, 0.6) is 0 Å². The van der Waals surface area contributed by atoms with Crippen LogP contribution in [0.3, 0.4) is 0 Å². The molecular weight excluding hydrogens is 424 g/mol. The predicted molar refractivity (Wildman–Crippen MR) is 123 cm³/mol. The average molecular weight is 449 g/mol. The molecule has 2 amide bonds. The van der Waals surface area contributed by atoms with Gasteiger partial charge in [0.1, 0.15) is 10.4 Å². The molecule has 0 bridgehead atoms. The minimum atomic E-state index is -0.380. The predicted octanol–water partition coefficient (Wildman–Crippen LogP) is 3.45. The van der Waals surface area contributed by atoms with Crippen molar-refractivity contribution in [2.24, 2.45) is 11.7 Å². The summed E-state index contributed by atoms with van der Waals surface area (Å²) in [6.07, 6.45) is 10.8. The zero-order valence-corrected chi connectivity index (χ0v) is 18.6. The molecule has 164 valence electrons. The number of nitrogens with one attached hydrogen (secondary N) is 1. The number of primary amides is 1. The van der Waals surface area contributed by atoms with Gasteiger partial charge in [-0.3, -0.25) is 9.59 Å². The summed E-state index contributed by atoms with van der Waals surface area (Å²) in [5, 5.41) is 8.33. The van der Waals surface area contributed by atoms with E-state index in [9.17, 15) is 9.59 Å². The molecule has 4 aromatic rings. The summed E-state index contributed by atoms with van der Waals surface area (Å²) in [5.74, 6) is 0.153. The number of rotatable bonds is 5. The van der Waals surface area contributed by atoms with Crippen LogP contribution in [-0.2, 0) is 0 Å². The van der Waals surface area contributed by atoms with E-state index in [1.807, 2.05) is 25.3 Å². The highest BCUT2D eigenvalue weighted by molar-refractivity contribution is 7.20. The van der Waals surface area contributed by atoms with E-state index < -0.39 is 0 Å². The summed E-state index contributed by atoms with van der Waals surface area (Å²) in [7, 11) is 0. The van der Waals surface area contributed by atoms with Crippen molar-refractivity contribution in [2.75, 3.05) is 6.54 Å². The van der Waals surface area contributed by atoms with Crippen molar-refractivity contribution in [1.82, 2.24) is 24.9 Å². The molecular formula is C23H24N6O2S. The zero-order chi connectivity index (χ0) is 22.2. The lowest BCUT2D eigenvalue weighted by Crippen LogP contribution is -2.31. The highest BCUT2D eigenvalue weighted by Crippen LogP contribution is 2.42. The lowest BCUT2D eigenvalue weighted by molar-refractivity contribution is 0.0942. The fraction of sp³-hybridized carbons (Fsp3) is 0.348. The first-order chi connectivity index (χ1) is 15.5. The van der Waals surface area contributed by atoms with Crippen molar-refractivity contribution in [2.45, 2.75) is 38.5 Å². The van der Waals surface area contributed by atoms with E-state index in [2.05, 4.69) is 20.4 Å². The van der Waals surface area contributed by atoms with Crippen LogP contribution in [0.25, 0.3) is 15.9 Å². The third-order valence-corrected chi connectivity index (χ3v) is 7.41. The van der Waals surface area contributed by atoms with E-state index in [0.29, 0.717) is 28.6 Å². The maximum atomic E-state index is 12.7. The van der Waals surface area contributed by atoms with Gasteiger partial charge >= 0.3 is 0 Å². The minimum absolute atomic E-state index is 0.149. The second kappa shape index (κ2) is 8.31. The Balaban J connectivity index is 1.24. The van der Waals surface area contributed by atoms with E-state index in [-0.39, 0.29) is 17.7 Å². The number of nitrogens with two attached hydrogens (primary N) is 1. The lowest BCUT2D eigenvalue weighted by Gasteiger charge is -2.29. The van der Waals surface area contributed by atoms with Crippen molar-refractivity contribution in [1.29, 1.82) is 0 Å². The summed E-state index contributed by atoms with van der Waals surface area (Å²) in [6, 6.07) is 3.93. The minimum Gasteiger partial charge on any atom is -0.365 e. The van der Waals surface area contributed by atoms with E-state index in [0.717, 1.165) is 47.0 Å². The number of amides is 2. The topological polar surface area (TPSA) is 115 Å². The van der Waals surface area contributed by atoms with E-state index in [1.165, 1.54) is 11.3 Å². The van der Waals surface area contributed by atoms with Gasteiger partial charge in [-0.05, 0) is 61.6 Å². The first-order valence-electron chi connectivity index (χ1n) is 10.8. The molecule has 1 fully saturated rings. The number of thiophene rings is 1. The first kappa shape index (κ1) is 20.6. The molecule has 0 aliphatic heterocycles. The summed E-state index contributed by atoms with van der Waals surface area (Å²) in [5.41, 5.74) is 8.76. The molecule has 5 rings (SSSR count). The molecule has 4 aromatic heterocycles. The van der Waals surface area contributed by atoms with Crippen LogP contribution in [0.2, 0.25) is 0 Å². The number of fused-ring (bicyclic) bond motifs is 2. The molecule has 1 aliphatic rings. The second-order valence-electron chi connectivity index (χ2n) is 8.45. The van der Waals surface area contributed by atoms with Gasteiger partial charge in [-0.1, -0.05) is 6.07 Å². The van der Waals surface area contributed by atoms with Gasteiger partial charge in [0.15, 0.2) is 5.65 Å². The number of nitrogens with zero attached hydrogens (tertiary/aromatic N) is 4. The van der Waals surface area contributed by atoms with Crippen molar-refractivity contribution < 1.29 is 9.59 Å². The maximum Gasteiger partial charge on any atom is 0.259 e. The summed E-state index contributed by atoms with van der Waals surface area (Å²) >= 11 is 1.38. The van der Waals surface area contributed by atoms with E-state index >= 15 is 0 Å². The van der Waals surface area contributed by atoms with E-state index in [1.54, 1.807) is 23.1 Å². The van der Waals surface area contributed by atoms with Gasteiger partial charge in [0.25, 0.3) is 11.8 Å². The van der Waals surface area contributed by atoms with Crippen LogP contribution in [0.15, 0.2) is 36.9 Å². The standard InChI is InChI=1S/C23H24N6O2S/c1-13-9-26-21-17(11-28-29(21)12-13)22(31)27-10-14-4-6-15(7-5-14)18-16-3-2-8-25-23(16)32-19(18)20(24)30/h2-3,8-9,11-12,14-15H,4-7,10H2,1H3,(H2,24,30)(H,27,31). The van der Waals surface area contributed by atoms with Gasteiger partial charge in [-0.25, -0.2) is 14.5 Å². The van der Waals surface area contributed by atoms with Crippen molar-refractivity contribution >= 4 is 39.0 Å². The Bertz CT molecular complexity index is 1320. The number of hydrogen-bond acceptors (Lipinski definition) is 6. The van der Waals surface area contributed by atoms with Crippen LogP contribution >= 0.6 is 11.3 Å². The van der Waals surface area contributed by atoms with Crippen LogP contribution in [0, 0.1) is 12.8 Å². The molecule has 3 N–H and O–H groups in total. The van der Waals surface area contributed by atoms with Crippen molar-refractivity contribution in [3.63, 3.8) is 0 Å². The quantitative estimate of drug-likeness (QED) is 0.485. The third-order valence-electron chi connectivity index (χ3n) is 6.26. The van der Waals surface area contributed by atoms with Crippen LogP contribution in [0.1, 0.15) is 62.8 Å². The average Bonchev–Trinajstić information content (AvgIpc) is 3.39. The number of aromatic nitrogens is 4.